The molecule has 3 aromatic rings. The maximum atomic E-state index is 13.0. The molecule has 2 amide bonds. The van der Waals surface area contributed by atoms with Crippen molar-refractivity contribution in [2.45, 2.75) is 13.2 Å². The molecule has 5 rings (SSSR count). The Morgan fingerprint density at radius 1 is 1.09 bits per heavy atom. The number of halogens is 1. The SMILES string of the molecule is COc1cc(/C=C2\SC(=O)N(Cc3cc4c(cc3Cl)OCO4)C2=O)ccc1OCc1ccncc1. The number of ether oxygens (including phenoxy) is 4. The Morgan fingerprint density at radius 3 is 2.63 bits per heavy atom. The van der Waals surface area contributed by atoms with E-state index in [4.69, 9.17) is 30.5 Å². The summed E-state index contributed by atoms with van der Waals surface area (Å²) in [5, 5.41) is 0.0172. The first-order valence-corrected chi connectivity index (χ1v) is 11.7. The highest BCUT2D eigenvalue weighted by molar-refractivity contribution is 8.18. The van der Waals surface area contributed by atoms with Gasteiger partial charge in [-0.1, -0.05) is 17.7 Å². The molecule has 0 aliphatic carbocycles. The first-order valence-electron chi connectivity index (χ1n) is 10.5. The lowest BCUT2D eigenvalue weighted by atomic mass is 10.1. The van der Waals surface area contributed by atoms with Crippen LogP contribution in [-0.4, -0.2) is 34.9 Å². The van der Waals surface area contributed by atoms with Crippen LogP contribution >= 0.6 is 23.4 Å². The van der Waals surface area contributed by atoms with E-state index >= 15 is 0 Å². The lowest BCUT2D eigenvalue weighted by Crippen LogP contribution is -2.27. The molecule has 0 saturated carbocycles. The molecule has 1 saturated heterocycles. The molecule has 0 spiro atoms. The van der Waals surface area contributed by atoms with Gasteiger partial charge in [-0.25, -0.2) is 0 Å². The van der Waals surface area contributed by atoms with Crippen molar-refractivity contribution in [3.63, 3.8) is 0 Å². The predicted octanol–water partition coefficient (Wildman–Crippen LogP) is 5.29. The van der Waals surface area contributed by atoms with Crippen LogP contribution in [0.3, 0.4) is 0 Å². The molecule has 1 fully saturated rings. The van der Waals surface area contributed by atoms with Crippen LogP contribution in [0.5, 0.6) is 23.0 Å². The minimum Gasteiger partial charge on any atom is -0.493 e. The summed E-state index contributed by atoms with van der Waals surface area (Å²) >= 11 is 7.20. The molecular weight excluding hydrogens is 492 g/mol. The van der Waals surface area contributed by atoms with Gasteiger partial charge in [-0.2, -0.15) is 0 Å². The number of fused-ring (bicyclic) bond motifs is 1. The Bertz CT molecular complexity index is 1330. The number of methoxy groups -OCH3 is 1. The highest BCUT2D eigenvalue weighted by atomic mass is 35.5. The van der Waals surface area contributed by atoms with Gasteiger partial charge in [0.2, 0.25) is 6.79 Å². The van der Waals surface area contributed by atoms with Gasteiger partial charge < -0.3 is 18.9 Å². The van der Waals surface area contributed by atoms with Gasteiger partial charge in [0.15, 0.2) is 23.0 Å². The van der Waals surface area contributed by atoms with E-state index < -0.39 is 5.91 Å². The van der Waals surface area contributed by atoms with Gasteiger partial charge in [0.1, 0.15) is 6.61 Å². The molecule has 3 heterocycles. The molecule has 35 heavy (non-hydrogen) atoms. The van der Waals surface area contributed by atoms with E-state index in [2.05, 4.69) is 4.98 Å². The van der Waals surface area contributed by atoms with E-state index in [0.29, 0.717) is 50.7 Å². The number of thioether (sulfide) groups is 1. The fourth-order valence-electron chi connectivity index (χ4n) is 3.57. The van der Waals surface area contributed by atoms with Gasteiger partial charge in [0.25, 0.3) is 11.1 Å². The second kappa shape index (κ2) is 9.89. The summed E-state index contributed by atoms with van der Waals surface area (Å²) in [5.74, 6) is 1.75. The van der Waals surface area contributed by atoms with E-state index in [1.54, 1.807) is 55.9 Å². The zero-order valence-corrected chi connectivity index (χ0v) is 20.1. The molecule has 178 valence electrons. The number of rotatable bonds is 7. The van der Waals surface area contributed by atoms with Gasteiger partial charge >= 0.3 is 0 Å². The maximum absolute atomic E-state index is 13.0. The normalized spacial score (nSPS) is 15.7. The highest BCUT2D eigenvalue weighted by Gasteiger charge is 2.35. The Hall–Kier alpha value is -3.69. The molecule has 0 N–H and O–H groups in total. The van der Waals surface area contributed by atoms with E-state index in [1.165, 1.54) is 0 Å². The topological polar surface area (TPSA) is 87.2 Å². The lowest BCUT2D eigenvalue weighted by Gasteiger charge is -2.14. The number of carbonyl (C=O) groups excluding carboxylic acids is 2. The second-order valence-electron chi connectivity index (χ2n) is 7.62. The van der Waals surface area contributed by atoms with Crippen LogP contribution < -0.4 is 18.9 Å². The maximum Gasteiger partial charge on any atom is 0.293 e. The highest BCUT2D eigenvalue weighted by Crippen LogP contribution is 2.40. The summed E-state index contributed by atoms with van der Waals surface area (Å²) in [7, 11) is 1.54. The Morgan fingerprint density at radius 2 is 1.86 bits per heavy atom. The van der Waals surface area contributed by atoms with Crippen molar-refractivity contribution < 1.29 is 28.5 Å². The summed E-state index contributed by atoms with van der Waals surface area (Å²) in [6, 6.07) is 12.4. The van der Waals surface area contributed by atoms with Crippen LogP contribution in [0, 0.1) is 0 Å². The van der Waals surface area contributed by atoms with Crippen LogP contribution in [0.25, 0.3) is 6.08 Å². The van der Waals surface area contributed by atoms with Crippen molar-refractivity contribution in [3.05, 3.63) is 81.5 Å². The number of aromatic nitrogens is 1. The monoisotopic (exact) mass is 510 g/mol. The molecular formula is C25H19ClN2O6S. The van der Waals surface area contributed by atoms with Gasteiger partial charge in [0, 0.05) is 23.5 Å². The number of carbonyl (C=O) groups is 2. The zero-order valence-electron chi connectivity index (χ0n) is 18.5. The fourth-order valence-corrected chi connectivity index (χ4v) is 4.62. The number of pyridine rings is 1. The molecule has 0 radical (unpaired) electrons. The second-order valence-corrected chi connectivity index (χ2v) is 9.02. The summed E-state index contributed by atoms with van der Waals surface area (Å²) < 4.78 is 22.0. The number of hydrogen-bond donors (Lipinski definition) is 0. The Balaban J connectivity index is 1.31. The standard InChI is InChI=1S/C25H19ClN2O6S/c1-31-20-8-16(2-3-19(20)32-13-15-4-6-27-7-5-15)9-23-24(29)28(25(30)35-23)12-17-10-21-22(11-18(17)26)34-14-33-21/h2-11H,12-14H2,1H3/b23-9-. The number of hydrogen-bond acceptors (Lipinski definition) is 8. The first kappa shape index (κ1) is 23.1. The van der Waals surface area contributed by atoms with E-state index in [9.17, 15) is 9.59 Å². The van der Waals surface area contributed by atoms with Crippen LogP contribution in [-0.2, 0) is 17.9 Å². The molecule has 10 heteroatoms. The van der Waals surface area contributed by atoms with Gasteiger partial charge in [-0.05, 0) is 64.9 Å². The molecule has 0 unspecified atom stereocenters. The minimum absolute atomic E-state index is 0.0303. The number of benzene rings is 2. The van der Waals surface area contributed by atoms with E-state index in [0.717, 1.165) is 22.2 Å². The summed E-state index contributed by atoms with van der Waals surface area (Å²) in [6.07, 6.45) is 5.06. The van der Waals surface area contributed by atoms with Crippen molar-refractivity contribution in [2.75, 3.05) is 13.9 Å². The van der Waals surface area contributed by atoms with Gasteiger partial charge in [0.05, 0.1) is 18.6 Å². The molecule has 2 aliphatic heterocycles. The Labute approximate surface area is 210 Å². The third-order valence-corrected chi connectivity index (χ3v) is 6.63. The average molecular weight is 511 g/mol. The molecule has 8 nitrogen and oxygen atoms in total. The molecule has 1 aromatic heterocycles. The van der Waals surface area contributed by atoms with Crippen molar-refractivity contribution >= 4 is 40.6 Å². The predicted molar refractivity (Wildman–Crippen MR) is 131 cm³/mol. The van der Waals surface area contributed by atoms with Crippen molar-refractivity contribution in [1.29, 1.82) is 0 Å². The van der Waals surface area contributed by atoms with Gasteiger partial charge in [-0.3, -0.25) is 19.5 Å². The Kier molecular flexibility index (Phi) is 6.52. The summed E-state index contributed by atoms with van der Waals surface area (Å²) in [4.78, 5) is 31.1. The third-order valence-electron chi connectivity index (χ3n) is 5.37. The molecule has 0 atom stereocenters. The molecule has 0 bridgehead atoms. The van der Waals surface area contributed by atoms with Crippen molar-refractivity contribution in [1.82, 2.24) is 9.88 Å². The average Bonchev–Trinajstić information content (AvgIpc) is 3.42. The van der Waals surface area contributed by atoms with E-state index in [-0.39, 0.29) is 18.6 Å². The fraction of sp³-hybridized carbons (Fsp3) is 0.160. The van der Waals surface area contributed by atoms with Crippen molar-refractivity contribution in [2.24, 2.45) is 0 Å². The van der Waals surface area contributed by atoms with Crippen LogP contribution in [0.15, 0.2) is 59.8 Å². The number of nitrogens with zero attached hydrogens (tertiary/aromatic N) is 2. The minimum atomic E-state index is -0.397. The zero-order chi connectivity index (χ0) is 24.4. The molecule has 2 aliphatic rings. The van der Waals surface area contributed by atoms with E-state index in [1.807, 2.05) is 12.1 Å². The summed E-state index contributed by atoms with van der Waals surface area (Å²) in [5.41, 5.74) is 2.27. The van der Waals surface area contributed by atoms with Crippen LogP contribution in [0.2, 0.25) is 5.02 Å². The summed E-state index contributed by atoms with van der Waals surface area (Å²) in [6.45, 7) is 0.499. The number of imide groups is 1. The van der Waals surface area contributed by atoms with Crippen LogP contribution in [0.1, 0.15) is 16.7 Å². The van der Waals surface area contributed by atoms with Crippen LogP contribution in [0.4, 0.5) is 4.79 Å². The number of amides is 2. The smallest absolute Gasteiger partial charge is 0.293 e. The lowest BCUT2D eigenvalue weighted by molar-refractivity contribution is -0.123. The molecule has 2 aromatic carbocycles. The first-order chi connectivity index (χ1) is 17.0. The third kappa shape index (κ3) is 4.91. The van der Waals surface area contributed by atoms with Crippen molar-refractivity contribution in [3.8, 4) is 23.0 Å². The quantitative estimate of drug-likeness (QED) is 0.396. The largest absolute Gasteiger partial charge is 0.493 e. The van der Waals surface area contributed by atoms with Gasteiger partial charge in [-0.15, -0.1) is 0 Å².